The van der Waals surface area contributed by atoms with E-state index in [0.29, 0.717) is 17.9 Å². The maximum atomic E-state index is 5.76. The highest BCUT2D eigenvalue weighted by molar-refractivity contribution is 9.10. The van der Waals surface area contributed by atoms with E-state index in [9.17, 15) is 0 Å². The van der Waals surface area contributed by atoms with Crippen molar-refractivity contribution in [2.75, 3.05) is 19.8 Å². The number of rotatable bonds is 10. The molecule has 1 N–H and O–H groups in total. The van der Waals surface area contributed by atoms with Crippen LogP contribution in [0.25, 0.3) is 0 Å². The molecule has 0 heterocycles. The van der Waals surface area contributed by atoms with Crippen LogP contribution in [0.5, 0.6) is 0 Å². The van der Waals surface area contributed by atoms with Gasteiger partial charge in [0.1, 0.15) is 0 Å². The van der Waals surface area contributed by atoms with Crippen LogP contribution in [-0.2, 0) is 11.2 Å². The molecule has 0 fully saturated rings. The van der Waals surface area contributed by atoms with Gasteiger partial charge >= 0.3 is 0 Å². The second kappa shape index (κ2) is 10.4. The summed E-state index contributed by atoms with van der Waals surface area (Å²) < 4.78 is 6.97. The molecule has 0 bridgehead atoms. The Labute approximate surface area is 138 Å². The molecule has 0 aliphatic carbocycles. The van der Waals surface area contributed by atoms with Crippen molar-refractivity contribution in [3.8, 4) is 0 Å². The average molecular weight is 356 g/mol. The molecule has 0 radical (unpaired) electrons. The topological polar surface area (TPSA) is 21.3 Å². The Hall–Kier alpha value is -0.380. The summed E-state index contributed by atoms with van der Waals surface area (Å²) in [6.45, 7) is 11.5. The lowest BCUT2D eigenvalue weighted by Gasteiger charge is -2.20. The zero-order valence-electron chi connectivity index (χ0n) is 13.9. The average Bonchev–Trinajstić information content (AvgIpc) is 2.42. The first kappa shape index (κ1) is 18.7. The lowest BCUT2D eigenvalue weighted by Crippen LogP contribution is -2.30. The van der Waals surface area contributed by atoms with E-state index < -0.39 is 0 Å². The minimum absolute atomic E-state index is 0.531. The lowest BCUT2D eigenvalue weighted by molar-refractivity contribution is 0.0973. The quantitative estimate of drug-likeness (QED) is 0.615. The molecule has 0 aliphatic rings. The van der Waals surface area contributed by atoms with Gasteiger partial charge in [0.15, 0.2) is 0 Å². The first-order valence-corrected chi connectivity index (χ1v) is 8.82. The fourth-order valence-electron chi connectivity index (χ4n) is 2.22. The van der Waals surface area contributed by atoms with Gasteiger partial charge in [0, 0.05) is 23.7 Å². The summed E-state index contributed by atoms with van der Waals surface area (Å²) in [6.07, 6.45) is 2.19. The molecule has 0 saturated heterocycles. The number of benzene rings is 1. The molecule has 0 saturated carbocycles. The molecule has 1 unspecified atom stereocenters. The Morgan fingerprint density at radius 3 is 2.48 bits per heavy atom. The van der Waals surface area contributed by atoms with Crippen LogP contribution in [0.1, 0.15) is 39.7 Å². The van der Waals surface area contributed by atoms with Gasteiger partial charge in [-0.25, -0.2) is 0 Å². The SMILES string of the molecule is CC(C)COCCC(CNC(C)C)Cc1ccccc1Br. The van der Waals surface area contributed by atoms with Crippen LogP contribution in [0.3, 0.4) is 0 Å². The summed E-state index contributed by atoms with van der Waals surface area (Å²) in [4.78, 5) is 0. The summed E-state index contributed by atoms with van der Waals surface area (Å²) in [6, 6.07) is 9.05. The third-order valence-corrected chi connectivity index (χ3v) is 4.18. The predicted molar refractivity (Wildman–Crippen MR) is 94.7 cm³/mol. The molecule has 1 atom stereocenters. The van der Waals surface area contributed by atoms with Crippen LogP contribution in [-0.4, -0.2) is 25.8 Å². The molecular weight excluding hydrogens is 326 g/mol. The molecule has 1 aromatic rings. The summed E-state index contributed by atoms with van der Waals surface area (Å²) in [5.74, 6) is 1.22. The Balaban J connectivity index is 2.49. The van der Waals surface area contributed by atoms with Crippen molar-refractivity contribution in [2.45, 2.75) is 46.6 Å². The zero-order valence-corrected chi connectivity index (χ0v) is 15.4. The van der Waals surface area contributed by atoms with E-state index in [0.717, 1.165) is 32.6 Å². The monoisotopic (exact) mass is 355 g/mol. The fourth-order valence-corrected chi connectivity index (χ4v) is 2.67. The number of ether oxygens (including phenoxy) is 1. The van der Waals surface area contributed by atoms with Gasteiger partial charge in [-0.15, -0.1) is 0 Å². The van der Waals surface area contributed by atoms with Crippen molar-refractivity contribution in [2.24, 2.45) is 11.8 Å². The minimum Gasteiger partial charge on any atom is -0.381 e. The molecule has 0 aliphatic heterocycles. The fraction of sp³-hybridized carbons (Fsp3) is 0.667. The molecule has 1 rings (SSSR count). The highest BCUT2D eigenvalue weighted by Crippen LogP contribution is 2.21. The number of nitrogens with one attached hydrogen (secondary N) is 1. The van der Waals surface area contributed by atoms with Crippen LogP contribution in [0.2, 0.25) is 0 Å². The summed E-state index contributed by atoms with van der Waals surface area (Å²) in [5, 5.41) is 3.56. The van der Waals surface area contributed by atoms with Gasteiger partial charge in [-0.3, -0.25) is 0 Å². The molecule has 0 aromatic heterocycles. The van der Waals surface area contributed by atoms with Gasteiger partial charge in [0.2, 0.25) is 0 Å². The van der Waals surface area contributed by atoms with E-state index >= 15 is 0 Å². The van der Waals surface area contributed by atoms with Crippen LogP contribution in [0, 0.1) is 11.8 Å². The first-order valence-electron chi connectivity index (χ1n) is 8.03. The largest absolute Gasteiger partial charge is 0.381 e. The van der Waals surface area contributed by atoms with Gasteiger partial charge < -0.3 is 10.1 Å². The highest BCUT2D eigenvalue weighted by atomic mass is 79.9. The Kier molecular flexibility index (Phi) is 9.21. The van der Waals surface area contributed by atoms with Crippen molar-refractivity contribution >= 4 is 15.9 Å². The van der Waals surface area contributed by atoms with Crippen LogP contribution >= 0.6 is 15.9 Å². The van der Waals surface area contributed by atoms with E-state index in [2.05, 4.69) is 73.2 Å². The van der Waals surface area contributed by atoms with E-state index in [1.807, 2.05) is 0 Å². The van der Waals surface area contributed by atoms with Crippen molar-refractivity contribution in [3.63, 3.8) is 0 Å². The maximum Gasteiger partial charge on any atom is 0.0488 e. The summed E-state index contributed by atoms with van der Waals surface area (Å²) in [7, 11) is 0. The van der Waals surface area contributed by atoms with Gasteiger partial charge in [-0.1, -0.05) is 61.8 Å². The Morgan fingerprint density at radius 1 is 1.14 bits per heavy atom. The first-order chi connectivity index (χ1) is 9.99. The summed E-state index contributed by atoms with van der Waals surface area (Å²) >= 11 is 3.65. The van der Waals surface area contributed by atoms with Gasteiger partial charge in [0.25, 0.3) is 0 Å². The molecule has 120 valence electrons. The second-order valence-corrected chi connectivity index (χ2v) is 7.34. The molecule has 0 spiro atoms. The molecule has 0 amide bonds. The lowest BCUT2D eigenvalue weighted by atomic mass is 9.96. The molecule has 21 heavy (non-hydrogen) atoms. The molecule has 1 aromatic carbocycles. The van der Waals surface area contributed by atoms with Gasteiger partial charge in [0.05, 0.1) is 0 Å². The van der Waals surface area contributed by atoms with Crippen LogP contribution < -0.4 is 5.32 Å². The van der Waals surface area contributed by atoms with E-state index in [4.69, 9.17) is 4.74 Å². The predicted octanol–water partition coefficient (Wildman–Crippen LogP) is 4.67. The van der Waals surface area contributed by atoms with Gasteiger partial charge in [-0.05, 0) is 42.9 Å². The van der Waals surface area contributed by atoms with Crippen LogP contribution in [0.15, 0.2) is 28.7 Å². The van der Waals surface area contributed by atoms with E-state index in [1.165, 1.54) is 10.0 Å². The Bertz CT molecular complexity index is 393. The van der Waals surface area contributed by atoms with Crippen molar-refractivity contribution in [3.05, 3.63) is 34.3 Å². The normalized spacial score (nSPS) is 13.1. The molecule has 3 heteroatoms. The van der Waals surface area contributed by atoms with E-state index in [-0.39, 0.29) is 0 Å². The molecule has 2 nitrogen and oxygen atoms in total. The smallest absolute Gasteiger partial charge is 0.0488 e. The van der Waals surface area contributed by atoms with Crippen molar-refractivity contribution in [1.82, 2.24) is 5.32 Å². The molecular formula is C18H30BrNO. The number of hydrogen-bond acceptors (Lipinski definition) is 2. The standard InChI is InChI=1S/C18H30BrNO/c1-14(2)13-21-10-9-16(12-20-15(3)4)11-17-7-5-6-8-18(17)19/h5-8,14-16,20H,9-13H2,1-4H3. The van der Waals surface area contributed by atoms with Crippen LogP contribution in [0.4, 0.5) is 0 Å². The van der Waals surface area contributed by atoms with Crippen molar-refractivity contribution < 1.29 is 4.74 Å². The van der Waals surface area contributed by atoms with E-state index in [1.54, 1.807) is 0 Å². The third-order valence-electron chi connectivity index (χ3n) is 3.40. The Morgan fingerprint density at radius 2 is 1.86 bits per heavy atom. The highest BCUT2D eigenvalue weighted by Gasteiger charge is 2.12. The summed E-state index contributed by atoms with van der Waals surface area (Å²) in [5.41, 5.74) is 1.39. The minimum atomic E-state index is 0.531. The number of halogens is 1. The van der Waals surface area contributed by atoms with Crippen molar-refractivity contribution in [1.29, 1.82) is 0 Å². The van der Waals surface area contributed by atoms with Gasteiger partial charge in [-0.2, -0.15) is 0 Å². The second-order valence-electron chi connectivity index (χ2n) is 6.48. The maximum absolute atomic E-state index is 5.76. The third kappa shape index (κ3) is 8.60. The zero-order chi connectivity index (χ0) is 15.7. The number of hydrogen-bond donors (Lipinski definition) is 1.